The Labute approximate surface area is 104 Å². The van der Waals surface area contributed by atoms with Crippen LogP contribution in [0.2, 0.25) is 19.6 Å². The first-order valence-corrected chi connectivity index (χ1v) is 10.5. The minimum absolute atomic E-state index is 0.163. The molecule has 4 atom stereocenters. The summed E-state index contributed by atoms with van der Waals surface area (Å²) in [7, 11) is -1.22. The lowest BCUT2D eigenvalue weighted by Gasteiger charge is -2.36. The number of rotatable bonds is 1. The monoisotopic (exact) mass is 340 g/mol. The van der Waals surface area contributed by atoms with Crippen LogP contribution in [0.25, 0.3) is 0 Å². The molecule has 2 fully saturated rings. The number of epoxide rings is 1. The molecule has 0 amide bonds. The summed E-state index contributed by atoms with van der Waals surface area (Å²) in [5.74, 6) is 0. The Balaban J connectivity index is 2.26. The van der Waals surface area contributed by atoms with E-state index in [1.165, 1.54) is 6.42 Å². The van der Waals surface area contributed by atoms with Gasteiger partial charge in [0, 0.05) is 9.65 Å². The van der Waals surface area contributed by atoms with Gasteiger partial charge in [-0.05, 0) is 19.8 Å². The smallest absolute Gasteiger partial charge is 0.0928 e. The lowest BCUT2D eigenvalue weighted by Crippen LogP contribution is -2.52. The zero-order valence-electron chi connectivity index (χ0n) is 9.23. The molecule has 1 aliphatic heterocycles. The van der Waals surface area contributed by atoms with Gasteiger partial charge in [-0.1, -0.05) is 51.5 Å². The molecule has 0 aromatic heterocycles. The topological polar surface area (TPSA) is 12.5 Å². The number of alkyl halides is 2. The van der Waals surface area contributed by atoms with Gasteiger partial charge in [-0.3, -0.25) is 0 Å². The molecule has 4 heteroatoms. The molecule has 2 rings (SSSR count). The Morgan fingerprint density at radius 2 is 1.64 bits per heavy atom. The number of ether oxygens (including phenoxy) is 1. The second-order valence-corrected chi connectivity index (χ2v) is 13.5. The van der Waals surface area contributed by atoms with Crippen LogP contribution in [0.4, 0.5) is 0 Å². The molecular formula is C10H18Br2OSi. The van der Waals surface area contributed by atoms with Crippen molar-refractivity contribution in [2.75, 3.05) is 0 Å². The Hall–Kier alpha value is 1.14. The van der Waals surface area contributed by atoms with Crippen LogP contribution in [-0.2, 0) is 4.74 Å². The van der Waals surface area contributed by atoms with Crippen LogP contribution in [0.3, 0.4) is 0 Å². The van der Waals surface area contributed by atoms with Crippen LogP contribution in [0.1, 0.15) is 19.8 Å². The van der Waals surface area contributed by atoms with Crippen molar-refractivity contribution in [1.82, 2.24) is 0 Å². The fraction of sp³-hybridized carbons (Fsp3) is 1.00. The van der Waals surface area contributed by atoms with E-state index in [0.29, 0.717) is 9.65 Å². The Morgan fingerprint density at radius 1 is 1.14 bits per heavy atom. The van der Waals surface area contributed by atoms with E-state index in [1.54, 1.807) is 0 Å². The number of halogens is 2. The van der Waals surface area contributed by atoms with Gasteiger partial charge in [0.15, 0.2) is 0 Å². The highest BCUT2D eigenvalue weighted by Crippen LogP contribution is 2.63. The van der Waals surface area contributed by atoms with E-state index in [9.17, 15) is 0 Å². The number of hydrogen-bond donors (Lipinski definition) is 0. The Morgan fingerprint density at radius 3 is 2.14 bits per heavy atom. The van der Waals surface area contributed by atoms with Gasteiger partial charge in [-0.15, -0.1) is 0 Å². The summed E-state index contributed by atoms with van der Waals surface area (Å²) in [6.07, 6.45) is 2.32. The lowest BCUT2D eigenvalue weighted by molar-refractivity contribution is 0.297. The summed E-state index contributed by atoms with van der Waals surface area (Å²) >= 11 is 7.50. The maximum atomic E-state index is 6.16. The summed E-state index contributed by atoms with van der Waals surface area (Å²) in [5.41, 5.74) is 0.163. The fourth-order valence-corrected chi connectivity index (χ4v) is 7.78. The summed E-state index contributed by atoms with van der Waals surface area (Å²) in [4.78, 5) is 1.14. The highest BCUT2D eigenvalue weighted by molar-refractivity contribution is 9.12. The Bertz CT molecular complexity index is 265. The van der Waals surface area contributed by atoms with Crippen molar-refractivity contribution in [2.24, 2.45) is 0 Å². The molecule has 1 nitrogen and oxygen atoms in total. The summed E-state index contributed by atoms with van der Waals surface area (Å²) < 4.78 is 6.16. The van der Waals surface area contributed by atoms with Crippen molar-refractivity contribution in [2.45, 2.75) is 59.9 Å². The Kier molecular flexibility index (Phi) is 2.56. The van der Waals surface area contributed by atoms with Gasteiger partial charge in [0.1, 0.15) is 0 Å². The SMILES string of the molecule is CC12CC(Br)C(Br)CC1([Si](C)(C)C)O2. The molecule has 1 saturated heterocycles. The van der Waals surface area contributed by atoms with Gasteiger partial charge < -0.3 is 4.74 Å². The van der Waals surface area contributed by atoms with Crippen molar-refractivity contribution in [1.29, 1.82) is 0 Å². The van der Waals surface area contributed by atoms with Crippen molar-refractivity contribution >= 4 is 39.9 Å². The lowest BCUT2D eigenvalue weighted by atomic mass is 9.90. The predicted molar refractivity (Wildman–Crippen MR) is 70.2 cm³/mol. The van der Waals surface area contributed by atoms with Gasteiger partial charge >= 0.3 is 0 Å². The summed E-state index contributed by atoms with van der Waals surface area (Å²) in [6, 6.07) is 0. The van der Waals surface area contributed by atoms with Gasteiger partial charge in [-0.25, -0.2) is 0 Å². The summed E-state index contributed by atoms with van der Waals surface area (Å²) in [5, 5.41) is 0.235. The van der Waals surface area contributed by atoms with Crippen molar-refractivity contribution < 1.29 is 4.74 Å². The van der Waals surface area contributed by atoms with Crippen LogP contribution < -0.4 is 0 Å². The summed E-state index contributed by atoms with van der Waals surface area (Å²) in [6.45, 7) is 9.56. The van der Waals surface area contributed by atoms with Gasteiger partial charge in [-0.2, -0.15) is 0 Å². The molecule has 0 bridgehead atoms. The molecule has 0 aromatic carbocycles. The molecule has 4 unspecified atom stereocenters. The van der Waals surface area contributed by atoms with Gasteiger partial charge in [0.2, 0.25) is 0 Å². The fourth-order valence-electron chi connectivity index (χ4n) is 2.98. The maximum absolute atomic E-state index is 6.16. The number of fused-ring (bicyclic) bond motifs is 1. The zero-order chi connectivity index (χ0) is 10.8. The molecule has 1 saturated carbocycles. The van der Waals surface area contributed by atoms with Crippen molar-refractivity contribution in [3.8, 4) is 0 Å². The third-order valence-electron chi connectivity index (χ3n) is 3.88. The second kappa shape index (κ2) is 3.08. The number of hydrogen-bond acceptors (Lipinski definition) is 1. The standard InChI is InChI=1S/C10H18Br2OSi/c1-9-5-7(11)8(12)6-10(9,13-9)14(2,3)4/h7-8H,5-6H2,1-4H3. The molecular weight excluding hydrogens is 324 g/mol. The van der Waals surface area contributed by atoms with E-state index in [-0.39, 0.29) is 10.8 Å². The van der Waals surface area contributed by atoms with Crippen molar-refractivity contribution in [3.05, 3.63) is 0 Å². The largest absolute Gasteiger partial charge is 0.367 e. The third-order valence-corrected chi connectivity index (χ3v) is 9.77. The average Bonchev–Trinajstić information content (AvgIpc) is 2.55. The minimum atomic E-state index is -1.22. The van der Waals surface area contributed by atoms with E-state index in [0.717, 1.165) is 6.42 Å². The van der Waals surface area contributed by atoms with Crippen LogP contribution in [0, 0.1) is 0 Å². The highest BCUT2D eigenvalue weighted by atomic mass is 79.9. The highest BCUT2D eigenvalue weighted by Gasteiger charge is 2.74. The van der Waals surface area contributed by atoms with E-state index < -0.39 is 8.07 Å². The second-order valence-electron chi connectivity index (χ2n) is 5.85. The normalized spacial score (nSPS) is 52.7. The minimum Gasteiger partial charge on any atom is -0.367 e. The molecule has 0 spiro atoms. The van der Waals surface area contributed by atoms with Crippen LogP contribution in [0.15, 0.2) is 0 Å². The van der Waals surface area contributed by atoms with Crippen LogP contribution in [-0.4, -0.2) is 28.6 Å². The zero-order valence-corrected chi connectivity index (χ0v) is 13.4. The maximum Gasteiger partial charge on any atom is 0.0928 e. The predicted octanol–water partition coefficient (Wildman–Crippen LogP) is 3.71. The molecule has 2 aliphatic rings. The molecule has 14 heavy (non-hydrogen) atoms. The third kappa shape index (κ3) is 1.40. The average molecular weight is 342 g/mol. The van der Waals surface area contributed by atoms with Gasteiger partial charge in [0.25, 0.3) is 0 Å². The molecule has 0 radical (unpaired) electrons. The quantitative estimate of drug-likeness (QED) is 0.402. The van der Waals surface area contributed by atoms with E-state index in [1.807, 2.05) is 0 Å². The first kappa shape index (κ1) is 11.6. The first-order chi connectivity index (χ1) is 6.22. The van der Waals surface area contributed by atoms with Crippen molar-refractivity contribution in [3.63, 3.8) is 0 Å². The first-order valence-electron chi connectivity index (χ1n) is 5.20. The van der Waals surface area contributed by atoms with Crippen LogP contribution in [0.5, 0.6) is 0 Å². The van der Waals surface area contributed by atoms with E-state index >= 15 is 0 Å². The molecule has 1 heterocycles. The van der Waals surface area contributed by atoms with E-state index in [2.05, 4.69) is 58.4 Å². The molecule has 0 N–H and O–H groups in total. The van der Waals surface area contributed by atoms with Crippen LogP contribution >= 0.6 is 31.9 Å². The molecule has 82 valence electrons. The van der Waals surface area contributed by atoms with E-state index in [4.69, 9.17) is 4.74 Å². The molecule has 1 aliphatic carbocycles. The van der Waals surface area contributed by atoms with Gasteiger partial charge in [0.05, 0.1) is 18.9 Å². The molecule has 0 aromatic rings.